The molecule has 0 fully saturated rings. The Morgan fingerprint density at radius 1 is 0.974 bits per heavy atom. The van der Waals surface area contributed by atoms with Gasteiger partial charge < -0.3 is 31.1 Å². The van der Waals surface area contributed by atoms with Gasteiger partial charge in [0.25, 0.3) is 5.91 Å². The van der Waals surface area contributed by atoms with Gasteiger partial charge in [-0.2, -0.15) is 0 Å². The average Bonchev–Trinajstić information content (AvgIpc) is 2.81. The number of nitrogens with one attached hydrogen (secondary N) is 2. The number of nitrogens with zero attached hydrogens (tertiary/aromatic N) is 1. The van der Waals surface area contributed by atoms with Crippen LogP contribution in [-0.4, -0.2) is 52.5 Å². The van der Waals surface area contributed by atoms with Crippen LogP contribution in [0.25, 0.3) is 10.8 Å². The van der Waals surface area contributed by atoms with E-state index < -0.39 is 47.9 Å². The van der Waals surface area contributed by atoms with Crippen LogP contribution in [0.4, 0.5) is 10.5 Å². The summed E-state index contributed by atoms with van der Waals surface area (Å²) >= 11 is 0. The topological polar surface area (TPSA) is 151 Å². The molecule has 0 aromatic heterocycles. The zero-order valence-electron chi connectivity index (χ0n) is 21.7. The van der Waals surface area contributed by atoms with Gasteiger partial charge in [-0.15, -0.1) is 0 Å². The number of amides is 4. The molecule has 10 heteroatoms. The maximum Gasteiger partial charge on any atom is 0.408 e. The Hall–Kier alpha value is -4.60. The number of ether oxygens (including phenoxy) is 1. The first-order valence-electron chi connectivity index (χ1n) is 12.0. The number of likely N-dealkylation sites (N-methyl/N-ethyl adjacent to an activating group) is 1. The lowest BCUT2D eigenvalue weighted by Crippen LogP contribution is -2.52. The molecule has 3 aromatic carbocycles. The van der Waals surface area contributed by atoms with E-state index in [1.165, 1.54) is 19.2 Å². The Morgan fingerprint density at radius 2 is 1.66 bits per heavy atom. The number of primary amides is 1. The van der Waals surface area contributed by atoms with E-state index in [9.17, 15) is 24.3 Å². The monoisotopic (exact) mass is 520 g/mol. The highest BCUT2D eigenvalue weighted by atomic mass is 16.6. The fourth-order valence-electron chi connectivity index (χ4n) is 3.95. The lowest BCUT2D eigenvalue weighted by Gasteiger charge is -2.31. The van der Waals surface area contributed by atoms with E-state index in [4.69, 9.17) is 10.5 Å². The number of carbonyl (C=O) groups excluding carboxylic acids is 4. The molecule has 0 radical (unpaired) electrons. The largest absolute Gasteiger partial charge is 0.508 e. The van der Waals surface area contributed by atoms with E-state index in [2.05, 4.69) is 10.6 Å². The van der Waals surface area contributed by atoms with Crippen LogP contribution in [0.2, 0.25) is 0 Å². The third-order valence-corrected chi connectivity index (χ3v) is 5.58. The second kappa shape index (κ2) is 11.6. The number of rotatable bonds is 8. The fraction of sp³-hybridized carbons (Fsp3) is 0.286. The predicted molar refractivity (Wildman–Crippen MR) is 143 cm³/mol. The van der Waals surface area contributed by atoms with Crippen molar-refractivity contribution in [3.8, 4) is 5.75 Å². The van der Waals surface area contributed by atoms with Crippen LogP contribution in [0, 0.1) is 0 Å². The number of aromatic hydroxyl groups is 1. The number of phenolic OH excluding ortho intramolecular Hbond substituents is 1. The second-order valence-corrected chi connectivity index (χ2v) is 9.87. The molecule has 10 nitrogen and oxygen atoms in total. The molecular weight excluding hydrogens is 488 g/mol. The smallest absolute Gasteiger partial charge is 0.408 e. The Kier molecular flexibility index (Phi) is 8.57. The molecule has 0 aliphatic carbocycles. The summed E-state index contributed by atoms with van der Waals surface area (Å²) in [7, 11) is 1.36. The minimum atomic E-state index is -1.39. The third-order valence-electron chi connectivity index (χ3n) is 5.58. The highest BCUT2D eigenvalue weighted by Gasteiger charge is 2.35. The number of fused-ring (bicyclic) bond motifs is 1. The number of anilines is 1. The minimum absolute atomic E-state index is 0.104. The van der Waals surface area contributed by atoms with E-state index in [1.54, 1.807) is 45.0 Å². The molecule has 5 N–H and O–H groups in total. The lowest BCUT2D eigenvalue weighted by atomic mass is 10.0. The Bertz CT molecular complexity index is 1350. The number of hydrogen-bond donors (Lipinski definition) is 4. The molecule has 0 aliphatic rings. The third kappa shape index (κ3) is 7.45. The number of benzene rings is 3. The number of nitrogens with two attached hydrogens (primary N) is 1. The molecule has 0 aliphatic heterocycles. The Balaban J connectivity index is 1.92. The molecule has 200 valence electrons. The summed E-state index contributed by atoms with van der Waals surface area (Å²) in [5, 5.41) is 17.2. The minimum Gasteiger partial charge on any atom is -0.508 e. The van der Waals surface area contributed by atoms with Gasteiger partial charge in [-0.05, 0) is 61.4 Å². The molecule has 0 saturated carbocycles. The van der Waals surface area contributed by atoms with Gasteiger partial charge in [0.1, 0.15) is 23.4 Å². The Labute approximate surface area is 220 Å². The maximum atomic E-state index is 13.6. The molecule has 0 saturated heterocycles. The van der Waals surface area contributed by atoms with Gasteiger partial charge in [0.05, 0.1) is 6.42 Å². The summed E-state index contributed by atoms with van der Waals surface area (Å²) in [6, 6.07) is 16.3. The zero-order valence-corrected chi connectivity index (χ0v) is 21.7. The van der Waals surface area contributed by atoms with Gasteiger partial charge in [0.15, 0.2) is 0 Å². The highest BCUT2D eigenvalue weighted by Crippen LogP contribution is 2.27. The lowest BCUT2D eigenvalue weighted by molar-refractivity contribution is -0.140. The van der Waals surface area contributed by atoms with E-state index >= 15 is 0 Å². The van der Waals surface area contributed by atoms with Crippen LogP contribution in [0.1, 0.15) is 38.8 Å². The fourth-order valence-corrected chi connectivity index (χ4v) is 3.95. The van der Waals surface area contributed by atoms with Crippen LogP contribution < -0.4 is 16.4 Å². The predicted octanol–water partition coefficient (Wildman–Crippen LogP) is 3.45. The summed E-state index contributed by atoms with van der Waals surface area (Å²) in [6.45, 7) is 4.95. The van der Waals surface area contributed by atoms with Crippen LogP contribution in [0.3, 0.4) is 0 Å². The number of carbonyl (C=O) groups is 4. The molecule has 0 bridgehead atoms. The van der Waals surface area contributed by atoms with Crippen molar-refractivity contribution in [2.24, 2.45) is 5.73 Å². The van der Waals surface area contributed by atoms with Gasteiger partial charge in [-0.25, -0.2) is 4.79 Å². The molecule has 4 amide bonds. The van der Waals surface area contributed by atoms with Gasteiger partial charge in [-0.1, -0.05) is 42.5 Å². The van der Waals surface area contributed by atoms with Crippen molar-refractivity contribution in [1.82, 2.24) is 10.2 Å². The van der Waals surface area contributed by atoms with Crippen molar-refractivity contribution < 1.29 is 29.0 Å². The van der Waals surface area contributed by atoms with Crippen LogP contribution in [-0.2, 0) is 19.1 Å². The molecule has 0 heterocycles. The van der Waals surface area contributed by atoms with Crippen molar-refractivity contribution in [1.29, 1.82) is 0 Å². The summed E-state index contributed by atoms with van der Waals surface area (Å²) in [5.74, 6) is -2.26. The molecule has 3 rings (SSSR count). The van der Waals surface area contributed by atoms with E-state index in [1.807, 2.05) is 30.3 Å². The van der Waals surface area contributed by atoms with E-state index in [-0.39, 0.29) is 5.75 Å². The SMILES string of the molecule is CN(C(=O)C(CC(N)=O)NC(=O)OC(C)(C)C)C(C(=O)Nc1ccc2ccccc2c1)c1cccc(O)c1. The van der Waals surface area contributed by atoms with Gasteiger partial charge in [-0.3, -0.25) is 14.4 Å². The standard InChI is InChI=1S/C28H32N4O6/c1-28(2,3)38-27(37)31-22(16-23(29)34)26(36)32(4)24(19-10-7-11-21(33)15-19)25(35)30-20-13-12-17-8-5-6-9-18(17)14-20/h5-15,22,24,33H,16H2,1-4H3,(H2,29,34)(H,30,35)(H,31,37). The molecule has 2 atom stereocenters. The van der Waals surface area contributed by atoms with Crippen molar-refractivity contribution in [2.75, 3.05) is 12.4 Å². The van der Waals surface area contributed by atoms with E-state index in [0.717, 1.165) is 15.7 Å². The van der Waals surface area contributed by atoms with Gasteiger partial charge in [0, 0.05) is 12.7 Å². The van der Waals surface area contributed by atoms with Crippen LogP contribution in [0.5, 0.6) is 5.75 Å². The normalized spacial score (nSPS) is 12.7. The second-order valence-electron chi connectivity index (χ2n) is 9.87. The van der Waals surface area contributed by atoms with Crippen molar-refractivity contribution >= 4 is 40.3 Å². The first-order chi connectivity index (χ1) is 17.8. The summed E-state index contributed by atoms with van der Waals surface area (Å²) in [4.78, 5) is 52.3. The van der Waals surface area contributed by atoms with Crippen LogP contribution >= 0.6 is 0 Å². The first-order valence-corrected chi connectivity index (χ1v) is 12.0. The summed E-state index contributed by atoms with van der Waals surface area (Å²) < 4.78 is 5.22. The molecular formula is C28H32N4O6. The van der Waals surface area contributed by atoms with Crippen molar-refractivity contribution in [2.45, 2.75) is 44.9 Å². The molecule has 0 spiro atoms. The zero-order chi connectivity index (χ0) is 28.0. The summed E-state index contributed by atoms with van der Waals surface area (Å²) in [6.07, 6.45) is -1.43. The summed E-state index contributed by atoms with van der Waals surface area (Å²) in [5.41, 5.74) is 5.30. The van der Waals surface area contributed by atoms with Crippen molar-refractivity contribution in [3.63, 3.8) is 0 Å². The average molecular weight is 521 g/mol. The van der Waals surface area contributed by atoms with Gasteiger partial charge in [0.2, 0.25) is 11.8 Å². The maximum absolute atomic E-state index is 13.6. The quantitative estimate of drug-likeness (QED) is 0.357. The molecule has 3 aromatic rings. The van der Waals surface area contributed by atoms with Crippen LogP contribution in [0.15, 0.2) is 66.7 Å². The van der Waals surface area contributed by atoms with Gasteiger partial charge >= 0.3 is 6.09 Å². The van der Waals surface area contributed by atoms with Crippen molar-refractivity contribution in [3.05, 3.63) is 72.3 Å². The number of hydrogen-bond acceptors (Lipinski definition) is 6. The Morgan fingerprint density at radius 3 is 2.29 bits per heavy atom. The number of alkyl carbamates (subject to hydrolysis) is 1. The van der Waals surface area contributed by atoms with E-state index in [0.29, 0.717) is 11.3 Å². The molecule has 38 heavy (non-hydrogen) atoms. The number of phenols is 1. The molecule has 2 unspecified atom stereocenters. The first kappa shape index (κ1) is 28.0. The highest BCUT2D eigenvalue weighted by molar-refractivity contribution is 6.01.